The third kappa shape index (κ3) is 8.09. The summed E-state index contributed by atoms with van der Waals surface area (Å²) in [4.78, 5) is 53.7. The van der Waals surface area contributed by atoms with E-state index in [4.69, 9.17) is 6.42 Å². The van der Waals surface area contributed by atoms with Crippen LogP contribution < -0.4 is 36.0 Å². The van der Waals surface area contributed by atoms with E-state index in [9.17, 15) is 24.4 Å². The lowest BCUT2D eigenvalue weighted by Crippen LogP contribution is -2.34. The number of carbonyl (C=O) groups excluding carboxylic acids is 3. The Morgan fingerprint density at radius 3 is 2.50 bits per heavy atom. The topological polar surface area (TPSA) is 148 Å². The monoisotopic (exact) mass is 591 g/mol. The van der Waals surface area contributed by atoms with Gasteiger partial charge in [-0.15, -0.1) is 17.8 Å². The highest BCUT2D eigenvalue weighted by molar-refractivity contribution is 7.07. The van der Waals surface area contributed by atoms with Crippen molar-refractivity contribution in [3.05, 3.63) is 43.3 Å². The van der Waals surface area contributed by atoms with Gasteiger partial charge >= 0.3 is 0 Å². The average molecular weight is 592 g/mol. The van der Waals surface area contributed by atoms with E-state index in [0.717, 1.165) is 31.0 Å². The van der Waals surface area contributed by atoms with Crippen LogP contribution in [0.25, 0.3) is 11.8 Å². The second-order valence-electron chi connectivity index (χ2n) is 10.8. The molecule has 2 aromatic rings. The van der Waals surface area contributed by atoms with Gasteiger partial charge in [0.1, 0.15) is 15.3 Å². The van der Waals surface area contributed by atoms with E-state index in [1.807, 2.05) is 6.07 Å². The highest BCUT2D eigenvalue weighted by atomic mass is 32.1. The molecule has 1 aromatic carbocycles. The normalized spacial score (nSPS) is 14.5. The molecule has 1 saturated heterocycles. The van der Waals surface area contributed by atoms with Crippen LogP contribution in [-0.2, 0) is 16.1 Å². The molecule has 1 aromatic heterocycles. The first-order valence-electron chi connectivity index (χ1n) is 13.8. The Bertz CT molecular complexity index is 1600. The Kier molecular flexibility index (Phi) is 11.1. The predicted molar refractivity (Wildman–Crippen MR) is 165 cm³/mol. The van der Waals surface area contributed by atoms with Crippen LogP contribution in [0.1, 0.15) is 50.9 Å². The highest BCUT2D eigenvalue weighted by Gasteiger charge is 2.24. The number of aromatic nitrogens is 1. The number of amides is 3. The number of hydrogen-bond acceptors (Lipinski definition) is 8. The quantitative estimate of drug-likeness (QED) is 0.302. The number of thiazole rings is 1. The maximum atomic E-state index is 13.1. The first-order valence-corrected chi connectivity index (χ1v) is 14.6. The van der Waals surface area contributed by atoms with Crippen LogP contribution in [0, 0.1) is 29.1 Å². The lowest BCUT2D eigenvalue weighted by atomic mass is 9.95. The van der Waals surface area contributed by atoms with Crippen molar-refractivity contribution in [2.75, 3.05) is 43.4 Å². The summed E-state index contributed by atoms with van der Waals surface area (Å²) in [6.45, 7) is 10.6. The van der Waals surface area contributed by atoms with E-state index in [1.54, 1.807) is 45.9 Å². The Labute approximate surface area is 249 Å². The Balaban J connectivity index is 1.93. The fraction of sp³-hybridized carbons (Fsp3) is 0.433. The zero-order chi connectivity index (χ0) is 30.9. The number of carbonyl (C=O) groups is 3. The number of terminal acetylenes is 1. The Hall–Kier alpha value is -4.39. The summed E-state index contributed by atoms with van der Waals surface area (Å²) >= 11 is 0.993. The van der Waals surface area contributed by atoms with Gasteiger partial charge in [0.15, 0.2) is 5.57 Å². The average Bonchev–Trinajstić information content (AvgIpc) is 3.58. The lowest BCUT2D eigenvalue weighted by molar-refractivity contribution is -0.123. The van der Waals surface area contributed by atoms with Gasteiger partial charge in [0.25, 0.3) is 17.4 Å². The number of likely N-dealkylation sites (tertiary alicyclic amines) is 1. The van der Waals surface area contributed by atoms with Gasteiger partial charge in [-0.25, -0.2) is 0 Å². The smallest absolute Gasteiger partial charge is 0.270 e. The molecule has 0 saturated carbocycles. The number of nitriles is 1. The Morgan fingerprint density at radius 1 is 1.17 bits per heavy atom. The maximum Gasteiger partial charge on any atom is 0.270 e. The van der Waals surface area contributed by atoms with Gasteiger partial charge in [-0.05, 0) is 51.1 Å². The largest absolute Gasteiger partial charge is 0.360 e. The molecule has 42 heavy (non-hydrogen) atoms. The third-order valence-corrected chi connectivity index (χ3v) is 7.73. The van der Waals surface area contributed by atoms with Crippen LogP contribution >= 0.6 is 11.3 Å². The zero-order valence-corrected chi connectivity index (χ0v) is 25.2. The van der Waals surface area contributed by atoms with E-state index in [2.05, 4.69) is 32.1 Å². The summed E-state index contributed by atoms with van der Waals surface area (Å²) in [5.41, 5.74) is -0.118. The van der Waals surface area contributed by atoms with E-state index in [0.29, 0.717) is 23.5 Å². The van der Waals surface area contributed by atoms with Crippen LogP contribution in [0.5, 0.6) is 0 Å². The van der Waals surface area contributed by atoms with Gasteiger partial charge in [0.2, 0.25) is 5.91 Å². The van der Waals surface area contributed by atoms with Crippen molar-refractivity contribution in [2.45, 2.75) is 47.1 Å². The summed E-state index contributed by atoms with van der Waals surface area (Å²) in [7, 11) is 0. The van der Waals surface area contributed by atoms with Crippen molar-refractivity contribution >= 4 is 52.2 Å². The molecular weight excluding hydrogens is 554 g/mol. The molecule has 0 unspecified atom stereocenters. The molecule has 4 N–H and O–H groups in total. The molecule has 0 radical (unpaired) electrons. The maximum absolute atomic E-state index is 13.1. The van der Waals surface area contributed by atoms with E-state index >= 15 is 0 Å². The SMILES string of the molecule is C#CCNC(=O)/C(C#N)=c1\s/c(=C/Nc2ccc(C(=O)NCCN3CCCC3)c(NC(=O)C(C)(C)C)c2)c(=O)n1CC. The first-order chi connectivity index (χ1) is 20.0. The van der Waals surface area contributed by atoms with Gasteiger partial charge in [-0.1, -0.05) is 26.7 Å². The second-order valence-corrected chi connectivity index (χ2v) is 11.8. The first kappa shape index (κ1) is 32.1. The van der Waals surface area contributed by atoms with Crippen molar-refractivity contribution in [1.82, 2.24) is 20.1 Å². The van der Waals surface area contributed by atoms with E-state index in [1.165, 1.54) is 23.6 Å². The Morgan fingerprint density at radius 2 is 1.88 bits per heavy atom. The predicted octanol–water partition coefficient (Wildman–Crippen LogP) is 1.01. The van der Waals surface area contributed by atoms with Gasteiger partial charge in [0.05, 0.1) is 17.8 Å². The fourth-order valence-electron chi connectivity index (χ4n) is 4.23. The number of hydrogen-bond donors (Lipinski definition) is 4. The van der Waals surface area contributed by atoms with Gasteiger partial charge in [0, 0.05) is 36.9 Å². The number of nitrogens with zero attached hydrogens (tertiary/aromatic N) is 3. The second kappa shape index (κ2) is 14.5. The van der Waals surface area contributed by atoms with Crippen LogP contribution in [0.2, 0.25) is 0 Å². The number of benzene rings is 1. The summed E-state index contributed by atoms with van der Waals surface area (Å²) < 4.78 is 1.82. The summed E-state index contributed by atoms with van der Waals surface area (Å²) in [5.74, 6) is 1.06. The minimum absolute atomic E-state index is 0.0488. The lowest BCUT2D eigenvalue weighted by Gasteiger charge is -2.20. The van der Waals surface area contributed by atoms with E-state index in [-0.39, 0.29) is 45.2 Å². The molecule has 12 heteroatoms. The molecule has 1 aliphatic heterocycles. The van der Waals surface area contributed by atoms with Gasteiger partial charge in [-0.3, -0.25) is 23.7 Å². The van der Waals surface area contributed by atoms with Crippen molar-refractivity contribution < 1.29 is 14.4 Å². The number of rotatable bonds is 10. The van der Waals surface area contributed by atoms with Crippen LogP contribution in [0.15, 0.2) is 23.0 Å². The van der Waals surface area contributed by atoms with Crippen molar-refractivity contribution in [2.24, 2.45) is 5.41 Å². The van der Waals surface area contributed by atoms with Crippen LogP contribution in [0.3, 0.4) is 0 Å². The van der Waals surface area contributed by atoms with Crippen molar-refractivity contribution in [3.8, 4) is 18.4 Å². The molecule has 0 bridgehead atoms. The molecule has 2 heterocycles. The molecule has 3 amide bonds. The minimum Gasteiger partial charge on any atom is -0.360 e. The molecule has 0 atom stereocenters. The standard InChI is InChI=1S/C30H37N7O4S/c1-6-12-32-26(39)22(18-31)28-37(7-2)27(40)24(42-28)19-34-20-10-11-21(23(17-20)35-29(41)30(3,4)5)25(38)33-13-16-36-14-8-9-15-36/h1,10-11,17,19,34H,7-9,12-16H2,2-5H3,(H,32,39)(H,33,38)(H,35,41)/b24-19+,28-22-. The molecule has 1 fully saturated rings. The molecule has 0 aliphatic carbocycles. The summed E-state index contributed by atoms with van der Waals surface area (Å²) in [6, 6.07) is 6.78. The van der Waals surface area contributed by atoms with Crippen molar-refractivity contribution in [3.63, 3.8) is 0 Å². The molecule has 3 rings (SSSR count). The molecule has 11 nitrogen and oxygen atoms in total. The molecule has 1 aliphatic rings. The molecule has 0 spiro atoms. The zero-order valence-electron chi connectivity index (χ0n) is 24.4. The van der Waals surface area contributed by atoms with Gasteiger partial charge in [-0.2, -0.15) is 5.26 Å². The highest BCUT2D eigenvalue weighted by Crippen LogP contribution is 2.24. The minimum atomic E-state index is -0.695. The third-order valence-electron chi connectivity index (χ3n) is 6.60. The molecule has 222 valence electrons. The summed E-state index contributed by atoms with van der Waals surface area (Å²) in [6.07, 6.45) is 9.00. The van der Waals surface area contributed by atoms with E-state index < -0.39 is 11.3 Å². The van der Waals surface area contributed by atoms with Crippen LogP contribution in [0.4, 0.5) is 11.4 Å². The molecular formula is C30H37N7O4S. The van der Waals surface area contributed by atoms with Crippen molar-refractivity contribution in [1.29, 1.82) is 5.26 Å². The van der Waals surface area contributed by atoms with Gasteiger partial charge < -0.3 is 26.2 Å². The fourth-order valence-corrected chi connectivity index (χ4v) is 5.32. The number of nitrogens with one attached hydrogen (secondary N) is 4. The summed E-state index contributed by atoms with van der Waals surface area (Å²) in [5, 5.41) is 20.9. The number of anilines is 2. The van der Waals surface area contributed by atoms with Crippen LogP contribution in [-0.4, -0.2) is 59.9 Å².